The van der Waals surface area contributed by atoms with Gasteiger partial charge in [0.05, 0.1) is 33.1 Å². The zero-order valence-corrected chi connectivity index (χ0v) is 12.8. The molecule has 0 aliphatic carbocycles. The number of hydrogen-bond donors (Lipinski definition) is 1. The molecule has 22 heavy (non-hydrogen) atoms. The fraction of sp³-hybridized carbons (Fsp3) is 0.133. The molecule has 1 aliphatic rings. The van der Waals surface area contributed by atoms with Gasteiger partial charge in [0, 0.05) is 12.1 Å². The fourth-order valence-electron chi connectivity index (χ4n) is 2.33. The summed E-state index contributed by atoms with van der Waals surface area (Å²) in [7, 11) is 0. The number of halogens is 2. The molecule has 1 atom stereocenters. The number of aliphatic imine (C=N–C) groups is 1. The van der Waals surface area contributed by atoms with Crippen molar-refractivity contribution in [2.45, 2.75) is 6.04 Å². The number of amidine groups is 1. The molecular weight excluding hydrogens is 325 g/mol. The lowest BCUT2D eigenvalue weighted by atomic mass is 10.1. The lowest BCUT2D eigenvalue weighted by molar-refractivity contribution is -0.384. The van der Waals surface area contributed by atoms with Crippen molar-refractivity contribution in [3.8, 4) is 0 Å². The van der Waals surface area contributed by atoms with Gasteiger partial charge in [-0.3, -0.25) is 15.1 Å². The van der Waals surface area contributed by atoms with Crippen LogP contribution in [0.4, 0.5) is 5.69 Å². The third-order valence-electron chi connectivity index (χ3n) is 3.45. The first kappa shape index (κ1) is 14.8. The van der Waals surface area contributed by atoms with Crippen molar-refractivity contribution in [3.63, 3.8) is 0 Å². The first-order valence-electron chi connectivity index (χ1n) is 6.56. The van der Waals surface area contributed by atoms with E-state index in [0.29, 0.717) is 28.0 Å². The number of nitrogens with one attached hydrogen (secondary N) is 1. The van der Waals surface area contributed by atoms with E-state index in [1.54, 1.807) is 30.3 Å². The second-order valence-corrected chi connectivity index (χ2v) is 5.65. The molecular formula is C15H11Cl2N3O2. The summed E-state index contributed by atoms with van der Waals surface area (Å²) in [5.74, 6) is 0.638. The van der Waals surface area contributed by atoms with Gasteiger partial charge in [0.1, 0.15) is 5.84 Å². The van der Waals surface area contributed by atoms with Crippen LogP contribution in [0.1, 0.15) is 17.2 Å². The molecule has 1 aliphatic heterocycles. The lowest BCUT2D eigenvalue weighted by Gasteiger charge is -2.13. The van der Waals surface area contributed by atoms with E-state index >= 15 is 0 Å². The maximum atomic E-state index is 10.7. The molecule has 2 aromatic rings. The van der Waals surface area contributed by atoms with E-state index in [-0.39, 0.29) is 11.7 Å². The molecule has 0 saturated heterocycles. The van der Waals surface area contributed by atoms with Gasteiger partial charge in [-0.15, -0.1) is 0 Å². The lowest BCUT2D eigenvalue weighted by Crippen LogP contribution is -2.24. The first-order chi connectivity index (χ1) is 10.6. The van der Waals surface area contributed by atoms with Gasteiger partial charge in [-0.25, -0.2) is 0 Å². The summed E-state index contributed by atoms with van der Waals surface area (Å²) in [4.78, 5) is 14.7. The summed E-state index contributed by atoms with van der Waals surface area (Å²) in [6.07, 6.45) is 0. The van der Waals surface area contributed by atoms with Crippen molar-refractivity contribution in [1.29, 1.82) is 0 Å². The molecule has 5 nitrogen and oxygen atoms in total. The molecule has 112 valence electrons. The van der Waals surface area contributed by atoms with Crippen LogP contribution in [0.3, 0.4) is 0 Å². The highest BCUT2D eigenvalue weighted by atomic mass is 35.5. The Bertz CT molecular complexity index is 740. The normalized spacial score (nSPS) is 17.0. The summed E-state index contributed by atoms with van der Waals surface area (Å²) in [5.41, 5.74) is 1.67. The first-order valence-corrected chi connectivity index (χ1v) is 7.31. The van der Waals surface area contributed by atoms with Crippen LogP contribution in [0.15, 0.2) is 47.5 Å². The molecule has 0 aromatic heterocycles. The maximum Gasteiger partial charge on any atom is 0.269 e. The number of nitro groups is 1. The number of hydrogen-bond acceptors (Lipinski definition) is 4. The van der Waals surface area contributed by atoms with Crippen LogP contribution in [-0.4, -0.2) is 17.3 Å². The summed E-state index contributed by atoms with van der Waals surface area (Å²) < 4.78 is 0. The van der Waals surface area contributed by atoms with E-state index in [4.69, 9.17) is 23.2 Å². The summed E-state index contributed by atoms with van der Waals surface area (Å²) in [6.45, 7) is 0.523. The van der Waals surface area contributed by atoms with Crippen LogP contribution in [0.5, 0.6) is 0 Å². The maximum absolute atomic E-state index is 10.7. The van der Waals surface area contributed by atoms with Crippen molar-refractivity contribution in [1.82, 2.24) is 5.32 Å². The summed E-state index contributed by atoms with van der Waals surface area (Å²) in [6, 6.07) is 11.7. The Labute approximate surface area is 136 Å². The van der Waals surface area contributed by atoms with Crippen molar-refractivity contribution in [3.05, 3.63) is 73.8 Å². The average Bonchev–Trinajstić information content (AvgIpc) is 2.97. The zero-order chi connectivity index (χ0) is 15.7. The van der Waals surface area contributed by atoms with Crippen LogP contribution in [0.2, 0.25) is 10.0 Å². The molecule has 0 bridgehead atoms. The van der Waals surface area contributed by atoms with Gasteiger partial charge < -0.3 is 5.32 Å². The molecule has 3 rings (SSSR count). The molecule has 1 N–H and O–H groups in total. The Morgan fingerprint density at radius 3 is 2.36 bits per heavy atom. The SMILES string of the molecule is O=[N+]([O-])c1ccc(C2CN=C(c3c(Cl)cccc3Cl)N2)cc1. The highest BCUT2D eigenvalue weighted by molar-refractivity contribution is 6.40. The second kappa shape index (κ2) is 5.94. The second-order valence-electron chi connectivity index (χ2n) is 4.83. The zero-order valence-electron chi connectivity index (χ0n) is 11.3. The van der Waals surface area contributed by atoms with Gasteiger partial charge >= 0.3 is 0 Å². The molecule has 0 fully saturated rings. The molecule has 0 amide bonds. The minimum absolute atomic E-state index is 0.0526. The van der Waals surface area contributed by atoms with E-state index in [0.717, 1.165) is 5.56 Å². The third kappa shape index (κ3) is 2.77. The van der Waals surface area contributed by atoms with Gasteiger partial charge in [0.2, 0.25) is 0 Å². The summed E-state index contributed by atoms with van der Waals surface area (Å²) in [5, 5.41) is 15.0. The van der Waals surface area contributed by atoms with Crippen LogP contribution >= 0.6 is 23.2 Å². The van der Waals surface area contributed by atoms with Gasteiger partial charge in [0.25, 0.3) is 5.69 Å². The van der Waals surface area contributed by atoms with E-state index in [1.807, 2.05) is 0 Å². The van der Waals surface area contributed by atoms with Gasteiger partial charge in [-0.1, -0.05) is 41.4 Å². The molecule has 1 unspecified atom stereocenters. The van der Waals surface area contributed by atoms with Crippen LogP contribution < -0.4 is 5.32 Å². The van der Waals surface area contributed by atoms with E-state index < -0.39 is 4.92 Å². The van der Waals surface area contributed by atoms with Crippen molar-refractivity contribution in [2.24, 2.45) is 4.99 Å². The standard InChI is InChI=1S/C15H11Cl2N3O2/c16-11-2-1-3-12(17)14(11)15-18-8-13(19-15)9-4-6-10(7-5-9)20(21)22/h1-7,13H,8H2,(H,18,19). The molecule has 0 spiro atoms. The smallest absolute Gasteiger partial charge is 0.269 e. The van der Waals surface area contributed by atoms with E-state index in [9.17, 15) is 10.1 Å². The van der Waals surface area contributed by atoms with Gasteiger partial charge in [-0.2, -0.15) is 0 Å². The number of benzene rings is 2. The molecule has 7 heteroatoms. The predicted molar refractivity (Wildman–Crippen MR) is 86.8 cm³/mol. The van der Waals surface area contributed by atoms with Crippen molar-refractivity contribution < 1.29 is 4.92 Å². The molecule has 1 heterocycles. The van der Waals surface area contributed by atoms with Crippen molar-refractivity contribution in [2.75, 3.05) is 6.54 Å². The van der Waals surface area contributed by atoms with E-state index in [1.165, 1.54) is 12.1 Å². The minimum atomic E-state index is -0.419. The Morgan fingerprint density at radius 1 is 1.14 bits per heavy atom. The van der Waals surface area contributed by atoms with Gasteiger partial charge in [0.15, 0.2) is 0 Å². The summed E-state index contributed by atoms with van der Waals surface area (Å²) >= 11 is 12.4. The van der Waals surface area contributed by atoms with Crippen molar-refractivity contribution >= 4 is 34.7 Å². The largest absolute Gasteiger partial charge is 0.361 e. The Kier molecular flexibility index (Phi) is 4.00. The quantitative estimate of drug-likeness (QED) is 0.681. The highest BCUT2D eigenvalue weighted by Crippen LogP contribution is 2.28. The third-order valence-corrected chi connectivity index (χ3v) is 4.08. The van der Waals surface area contributed by atoms with Crippen LogP contribution in [-0.2, 0) is 0 Å². The highest BCUT2D eigenvalue weighted by Gasteiger charge is 2.23. The number of nitro benzene ring substituents is 1. The van der Waals surface area contributed by atoms with E-state index in [2.05, 4.69) is 10.3 Å². The molecule has 2 aromatic carbocycles. The minimum Gasteiger partial charge on any atom is -0.361 e. The number of nitrogens with zero attached hydrogens (tertiary/aromatic N) is 2. The predicted octanol–water partition coefficient (Wildman–Crippen LogP) is 3.99. The Morgan fingerprint density at radius 2 is 1.77 bits per heavy atom. The number of non-ortho nitro benzene ring substituents is 1. The Balaban J connectivity index is 1.81. The number of rotatable bonds is 3. The molecule has 0 saturated carbocycles. The Hall–Kier alpha value is -2.11. The monoisotopic (exact) mass is 335 g/mol. The van der Waals surface area contributed by atoms with Crippen LogP contribution in [0, 0.1) is 10.1 Å². The fourth-order valence-corrected chi connectivity index (χ4v) is 2.91. The average molecular weight is 336 g/mol. The topological polar surface area (TPSA) is 67.5 Å². The molecule has 0 radical (unpaired) electrons. The van der Waals surface area contributed by atoms with Gasteiger partial charge in [-0.05, 0) is 17.7 Å². The van der Waals surface area contributed by atoms with Crippen LogP contribution in [0.25, 0.3) is 0 Å².